The molecule has 0 saturated carbocycles. The molecule has 0 amide bonds. The third-order valence-corrected chi connectivity index (χ3v) is 3.69. The fourth-order valence-electron chi connectivity index (χ4n) is 2.45. The molecule has 1 aromatic carbocycles. The lowest BCUT2D eigenvalue weighted by Crippen LogP contribution is -2.32. The van der Waals surface area contributed by atoms with Crippen molar-refractivity contribution >= 4 is 0 Å². The predicted molar refractivity (Wildman–Crippen MR) is 72.9 cm³/mol. The lowest BCUT2D eigenvalue weighted by atomic mass is 9.99. The largest absolute Gasteiger partial charge is 0.316 e. The number of nitrogens with one attached hydrogen (secondary N) is 1. The van der Waals surface area contributed by atoms with Gasteiger partial charge in [-0.3, -0.25) is 4.90 Å². The van der Waals surface area contributed by atoms with Crippen molar-refractivity contribution in [2.45, 2.75) is 32.9 Å². The molecule has 1 aliphatic rings. The van der Waals surface area contributed by atoms with Gasteiger partial charge in [0.25, 0.3) is 0 Å². The van der Waals surface area contributed by atoms with Crippen molar-refractivity contribution in [2.75, 3.05) is 20.1 Å². The highest BCUT2D eigenvalue weighted by molar-refractivity contribution is 5.22. The molecule has 17 heavy (non-hydrogen) atoms. The van der Waals surface area contributed by atoms with Gasteiger partial charge < -0.3 is 5.32 Å². The highest BCUT2D eigenvalue weighted by Crippen LogP contribution is 2.18. The van der Waals surface area contributed by atoms with Gasteiger partial charge in [-0.15, -0.1) is 0 Å². The van der Waals surface area contributed by atoms with Crippen LogP contribution >= 0.6 is 0 Å². The van der Waals surface area contributed by atoms with Crippen molar-refractivity contribution in [3.8, 4) is 0 Å². The molecule has 0 bridgehead atoms. The van der Waals surface area contributed by atoms with Gasteiger partial charge in [-0.1, -0.05) is 31.2 Å². The first-order valence-corrected chi connectivity index (χ1v) is 6.72. The molecule has 2 rings (SSSR count). The molecule has 2 nitrogen and oxygen atoms in total. The van der Waals surface area contributed by atoms with Crippen LogP contribution in [0.2, 0.25) is 0 Å². The zero-order chi connectivity index (χ0) is 12.1. The minimum absolute atomic E-state index is 0.921. The van der Waals surface area contributed by atoms with Gasteiger partial charge in [-0.2, -0.15) is 0 Å². The molecule has 1 aromatic rings. The Morgan fingerprint density at radius 1 is 1.12 bits per heavy atom. The van der Waals surface area contributed by atoms with Crippen molar-refractivity contribution < 1.29 is 0 Å². The second kappa shape index (κ2) is 6.18. The average molecular weight is 232 g/mol. The Hall–Kier alpha value is -0.860. The molecule has 1 saturated heterocycles. The van der Waals surface area contributed by atoms with Gasteiger partial charge in [-0.25, -0.2) is 0 Å². The Bertz CT molecular complexity index is 323. The molecule has 1 aliphatic heterocycles. The Labute approximate surface area is 105 Å². The van der Waals surface area contributed by atoms with Crippen molar-refractivity contribution in [3.05, 3.63) is 35.4 Å². The summed E-state index contributed by atoms with van der Waals surface area (Å²) in [5.74, 6) is 0.921. The molecule has 0 aromatic heterocycles. The lowest BCUT2D eigenvalue weighted by Gasteiger charge is -2.30. The predicted octanol–water partition coefficient (Wildman–Crippen LogP) is 2.64. The number of nitrogens with zero attached hydrogens (tertiary/aromatic N) is 1. The Balaban J connectivity index is 1.86. The smallest absolute Gasteiger partial charge is 0.0233 e. The summed E-state index contributed by atoms with van der Waals surface area (Å²) < 4.78 is 0. The van der Waals surface area contributed by atoms with E-state index in [0.29, 0.717) is 0 Å². The summed E-state index contributed by atoms with van der Waals surface area (Å²) in [5, 5.41) is 3.18. The maximum atomic E-state index is 3.18. The maximum Gasteiger partial charge on any atom is 0.0233 e. The molecule has 1 fully saturated rings. The van der Waals surface area contributed by atoms with Crippen LogP contribution in [0.4, 0.5) is 0 Å². The van der Waals surface area contributed by atoms with Crippen LogP contribution in [0.5, 0.6) is 0 Å². The SMILES string of the molecule is CNCc1ccc(CN2CCC(C)CC2)cc1. The van der Waals surface area contributed by atoms with E-state index in [1.54, 1.807) is 0 Å². The second-order valence-electron chi connectivity index (χ2n) is 5.31. The number of rotatable bonds is 4. The Morgan fingerprint density at radius 3 is 2.29 bits per heavy atom. The minimum Gasteiger partial charge on any atom is -0.316 e. The molecular weight excluding hydrogens is 208 g/mol. The summed E-state index contributed by atoms with van der Waals surface area (Å²) in [5.41, 5.74) is 2.81. The molecule has 0 aliphatic carbocycles. The molecule has 1 heterocycles. The van der Waals surface area contributed by atoms with Gasteiger partial charge in [0, 0.05) is 13.1 Å². The lowest BCUT2D eigenvalue weighted by molar-refractivity contribution is 0.185. The fraction of sp³-hybridized carbons (Fsp3) is 0.600. The normalized spacial score (nSPS) is 18.5. The minimum atomic E-state index is 0.921. The fourth-order valence-corrected chi connectivity index (χ4v) is 2.45. The molecule has 1 N–H and O–H groups in total. The first-order valence-electron chi connectivity index (χ1n) is 6.72. The van der Waals surface area contributed by atoms with Gasteiger partial charge in [0.15, 0.2) is 0 Å². The summed E-state index contributed by atoms with van der Waals surface area (Å²) in [6.45, 7) is 6.97. The first kappa shape index (κ1) is 12.6. The zero-order valence-electron chi connectivity index (χ0n) is 11.1. The topological polar surface area (TPSA) is 15.3 Å². The van der Waals surface area contributed by atoms with Crippen LogP contribution in [0, 0.1) is 5.92 Å². The number of piperidine rings is 1. The Morgan fingerprint density at radius 2 is 1.71 bits per heavy atom. The summed E-state index contributed by atoms with van der Waals surface area (Å²) in [6.07, 6.45) is 2.72. The number of hydrogen-bond donors (Lipinski definition) is 1. The van der Waals surface area contributed by atoms with E-state index in [2.05, 4.69) is 41.4 Å². The monoisotopic (exact) mass is 232 g/mol. The van der Waals surface area contributed by atoms with Crippen LogP contribution in [0.25, 0.3) is 0 Å². The van der Waals surface area contributed by atoms with E-state index < -0.39 is 0 Å². The third kappa shape index (κ3) is 3.83. The van der Waals surface area contributed by atoms with Crippen molar-refractivity contribution in [1.29, 1.82) is 0 Å². The highest BCUT2D eigenvalue weighted by atomic mass is 15.1. The number of hydrogen-bond acceptors (Lipinski definition) is 2. The van der Waals surface area contributed by atoms with Crippen LogP contribution in [-0.2, 0) is 13.1 Å². The maximum absolute atomic E-state index is 3.18. The van der Waals surface area contributed by atoms with Crippen molar-refractivity contribution in [3.63, 3.8) is 0 Å². The second-order valence-corrected chi connectivity index (χ2v) is 5.31. The standard InChI is InChI=1S/C15H24N2/c1-13-7-9-17(10-8-13)12-15-5-3-14(4-6-15)11-16-2/h3-6,13,16H,7-12H2,1-2H3. The molecule has 0 radical (unpaired) electrons. The summed E-state index contributed by atoms with van der Waals surface area (Å²) in [7, 11) is 1.99. The molecule has 0 spiro atoms. The Kier molecular flexibility index (Phi) is 4.57. The summed E-state index contributed by atoms with van der Waals surface area (Å²) >= 11 is 0. The van der Waals surface area contributed by atoms with Gasteiger partial charge in [0.2, 0.25) is 0 Å². The highest BCUT2D eigenvalue weighted by Gasteiger charge is 2.15. The molecule has 2 heteroatoms. The van der Waals surface area contributed by atoms with Crippen molar-refractivity contribution in [1.82, 2.24) is 10.2 Å². The molecule has 0 unspecified atom stereocenters. The zero-order valence-corrected chi connectivity index (χ0v) is 11.1. The quantitative estimate of drug-likeness (QED) is 0.858. The van der Waals surface area contributed by atoms with E-state index in [1.807, 2.05) is 7.05 Å². The first-order chi connectivity index (χ1) is 8.28. The van der Waals surface area contributed by atoms with E-state index in [1.165, 1.54) is 37.1 Å². The molecule has 94 valence electrons. The summed E-state index contributed by atoms with van der Waals surface area (Å²) in [6, 6.07) is 9.01. The average Bonchev–Trinajstić information content (AvgIpc) is 2.35. The van der Waals surface area contributed by atoms with E-state index in [9.17, 15) is 0 Å². The van der Waals surface area contributed by atoms with Gasteiger partial charge in [-0.05, 0) is 50.0 Å². The van der Waals surface area contributed by atoms with Crippen LogP contribution in [-0.4, -0.2) is 25.0 Å². The summed E-state index contributed by atoms with van der Waals surface area (Å²) in [4.78, 5) is 2.58. The number of likely N-dealkylation sites (tertiary alicyclic amines) is 1. The number of benzene rings is 1. The van der Waals surface area contributed by atoms with Gasteiger partial charge in [0.05, 0.1) is 0 Å². The van der Waals surface area contributed by atoms with Crippen molar-refractivity contribution in [2.24, 2.45) is 5.92 Å². The van der Waals surface area contributed by atoms with Crippen LogP contribution in [0.1, 0.15) is 30.9 Å². The van der Waals surface area contributed by atoms with Crippen LogP contribution < -0.4 is 5.32 Å². The van der Waals surface area contributed by atoms with E-state index in [-0.39, 0.29) is 0 Å². The van der Waals surface area contributed by atoms with Crippen LogP contribution in [0.15, 0.2) is 24.3 Å². The molecular formula is C15H24N2. The van der Waals surface area contributed by atoms with Crippen LogP contribution in [0.3, 0.4) is 0 Å². The third-order valence-electron chi connectivity index (χ3n) is 3.69. The van der Waals surface area contributed by atoms with Gasteiger partial charge in [0.1, 0.15) is 0 Å². The molecule has 0 atom stereocenters. The van der Waals surface area contributed by atoms with Gasteiger partial charge >= 0.3 is 0 Å². The van der Waals surface area contributed by atoms with E-state index >= 15 is 0 Å². The van der Waals surface area contributed by atoms with E-state index in [0.717, 1.165) is 19.0 Å². The van der Waals surface area contributed by atoms with E-state index in [4.69, 9.17) is 0 Å².